The van der Waals surface area contributed by atoms with Crippen LogP contribution in [-0.4, -0.2) is 35.0 Å². The van der Waals surface area contributed by atoms with Gasteiger partial charge in [0.05, 0.1) is 6.54 Å². The first kappa shape index (κ1) is 14.9. The van der Waals surface area contributed by atoms with Gasteiger partial charge in [0, 0.05) is 17.3 Å². The number of nitrogens with one attached hydrogen (secondary N) is 1. The van der Waals surface area contributed by atoms with Crippen molar-refractivity contribution in [1.82, 2.24) is 10.3 Å². The van der Waals surface area contributed by atoms with Crippen molar-refractivity contribution < 1.29 is 18.1 Å². The summed E-state index contributed by atoms with van der Waals surface area (Å²) in [5.74, 6) is -0.314. The molecule has 0 radical (unpaired) electrons. The molecule has 1 N–H and O–H groups in total. The summed E-state index contributed by atoms with van der Waals surface area (Å²) in [6.07, 6.45) is -1.43. The van der Waals surface area contributed by atoms with Crippen LogP contribution in [0, 0.1) is 10.1 Å². The summed E-state index contributed by atoms with van der Waals surface area (Å²) in [5, 5.41) is 12.3. The standard InChI is InChI=1S/C10H11F3N4O2/c11-10(12,13)7-16-9(6-17(18)19)15-5-8-2-1-3-14-4-8/h1-4H,5-7H2,(H,15,16). The molecule has 0 unspecified atom stereocenters. The third kappa shape index (κ3) is 6.96. The number of aliphatic imine (C=N–C) groups is 1. The summed E-state index contributed by atoms with van der Waals surface area (Å²) in [6.45, 7) is -2.11. The maximum atomic E-state index is 12.0. The number of halogens is 3. The van der Waals surface area contributed by atoms with Crippen molar-refractivity contribution in [1.29, 1.82) is 0 Å². The first-order valence-electron chi connectivity index (χ1n) is 5.21. The fraction of sp³-hybridized carbons (Fsp3) is 0.400. The predicted octanol–water partition coefficient (Wildman–Crippen LogP) is 1.41. The lowest BCUT2D eigenvalue weighted by Crippen LogP contribution is -2.37. The number of hydrogen-bond acceptors (Lipinski definition) is 4. The van der Waals surface area contributed by atoms with Gasteiger partial charge in [-0.1, -0.05) is 6.07 Å². The van der Waals surface area contributed by atoms with Crippen molar-refractivity contribution >= 4 is 5.84 Å². The topological polar surface area (TPSA) is 80.4 Å². The molecule has 6 nitrogen and oxygen atoms in total. The van der Waals surface area contributed by atoms with E-state index >= 15 is 0 Å². The predicted molar refractivity (Wildman–Crippen MR) is 61.3 cm³/mol. The van der Waals surface area contributed by atoms with Crippen LogP contribution in [0.15, 0.2) is 29.5 Å². The fourth-order valence-corrected chi connectivity index (χ4v) is 1.16. The van der Waals surface area contributed by atoms with Crippen LogP contribution in [0.1, 0.15) is 5.56 Å². The lowest BCUT2D eigenvalue weighted by molar-refractivity contribution is -0.463. The van der Waals surface area contributed by atoms with Crippen LogP contribution in [0.3, 0.4) is 0 Å². The Kier molecular flexibility index (Phi) is 5.22. The van der Waals surface area contributed by atoms with Gasteiger partial charge >= 0.3 is 6.18 Å². The zero-order valence-corrected chi connectivity index (χ0v) is 9.72. The van der Waals surface area contributed by atoms with E-state index in [1.54, 1.807) is 12.1 Å². The molecule has 0 amide bonds. The minimum absolute atomic E-state index is 0.0296. The van der Waals surface area contributed by atoms with Gasteiger partial charge in [-0.15, -0.1) is 0 Å². The fourth-order valence-electron chi connectivity index (χ4n) is 1.16. The minimum atomic E-state index is -4.45. The lowest BCUT2D eigenvalue weighted by atomic mass is 10.3. The van der Waals surface area contributed by atoms with E-state index in [1.807, 2.05) is 5.32 Å². The zero-order chi connectivity index (χ0) is 14.3. The molecule has 19 heavy (non-hydrogen) atoms. The van der Waals surface area contributed by atoms with Gasteiger partial charge in [0.15, 0.2) is 5.84 Å². The normalized spacial score (nSPS) is 12.3. The van der Waals surface area contributed by atoms with Gasteiger partial charge in [-0.3, -0.25) is 20.1 Å². The van der Waals surface area contributed by atoms with Gasteiger partial charge in [0.2, 0.25) is 0 Å². The number of amidine groups is 1. The summed E-state index contributed by atoms with van der Waals surface area (Å²) in [5.41, 5.74) is 0.650. The van der Waals surface area contributed by atoms with Crippen molar-refractivity contribution in [3.05, 3.63) is 40.2 Å². The van der Waals surface area contributed by atoms with E-state index in [2.05, 4.69) is 9.98 Å². The third-order valence-electron chi connectivity index (χ3n) is 1.95. The van der Waals surface area contributed by atoms with Gasteiger partial charge in [0.25, 0.3) is 6.54 Å². The number of pyridine rings is 1. The Bertz CT molecular complexity index is 448. The Balaban J connectivity index is 2.65. The highest BCUT2D eigenvalue weighted by atomic mass is 19.4. The molecule has 0 saturated heterocycles. The van der Waals surface area contributed by atoms with Gasteiger partial charge in [-0.05, 0) is 11.6 Å². The zero-order valence-electron chi connectivity index (χ0n) is 9.72. The van der Waals surface area contributed by atoms with Crippen LogP contribution in [0.4, 0.5) is 13.2 Å². The largest absolute Gasteiger partial charge is 0.405 e. The highest BCUT2D eigenvalue weighted by Gasteiger charge is 2.27. The number of nitrogens with zero attached hydrogens (tertiary/aromatic N) is 3. The monoisotopic (exact) mass is 276 g/mol. The Morgan fingerprint density at radius 3 is 2.79 bits per heavy atom. The van der Waals surface area contributed by atoms with Crippen LogP contribution in [0.5, 0.6) is 0 Å². The summed E-state index contributed by atoms with van der Waals surface area (Å²) in [7, 11) is 0. The van der Waals surface area contributed by atoms with E-state index in [1.165, 1.54) is 12.4 Å². The molecule has 0 aliphatic carbocycles. The lowest BCUT2D eigenvalue weighted by Gasteiger charge is -2.09. The molecule has 0 spiro atoms. The molecule has 9 heteroatoms. The SMILES string of the molecule is O=[N+]([O-])CC(=NCc1cccnc1)NCC(F)(F)F. The molecular formula is C10H11F3N4O2. The number of rotatable bonds is 5. The van der Waals surface area contributed by atoms with Gasteiger partial charge in [-0.25, -0.2) is 0 Å². The molecular weight excluding hydrogens is 265 g/mol. The van der Waals surface area contributed by atoms with E-state index < -0.39 is 24.2 Å². The maximum absolute atomic E-state index is 12.0. The highest BCUT2D eigenvalue weighted by molar-refractivity contribution is 5.83. The van der Waals surface area contributed by atoms with Crippen molar-refractivity contribution in [2.45, 2.75) is 12.7 Å². The summed E-state index contributed by atoms with van der Waals surface area (Å²) in [4.78, 5) is 17.2. The molecule has 1 heterocycles. The van der Waals surface area contributed by atoms with Crippen molar-refractivity contribution in [2.24, 2.45) is 4.99 Å². The highest BCUT2D eigenvalue weighted by Crippen LogP contribution is 2.12. The molecule has 0 saturated carbocycles. The van der Waals surface area contributed by atoms with Gasteiger partial charge in [-0.2, -0.15) is 13.2 Å². The van der Waals surface area contributed by atoms with Crippen molar-refractivity contribution in [3.8, 4) is 0 Å². The Hall–Kier alpha value is -2.19. The van der Waals surface area contributed by atoms with E-state index in [0.717, 1.165) is 0 Å². The molecule has 1 aromatic heterocycles. The average Bonchev–Trinajstić information content (AvgIpc) is 2.32. The van der Waals surface area contributed by atoms with E-state index in [-0.39, 0.29) is 12.4 Å². The molecule has 0 bridgehead atoms. The van der Waals surface area contributed by atoms with Crippen LogP contribution >= 0.6 is 0 Å². The second-order valence-corrected chi connectivity index (χ2v) is 3.58. The molecule has 0 fully saturated rings. The van der Waals surface area contributed by atoms with Crippen LogP contribution in [-0.2, 0) is 6.54 Å². The molecule has 1 rings (SSSR count). The van der Waals surface area contributed by atoms with Crippen LogP contribution in [0.25, 0.3) is 0 Å². The van der Waals surface area contributed by atoms with Crippen molar-refractivity contribution in [3.63, 3.8) is 0 Å². The third-order valence-corrected chi connectivity index (χ3v) is 1.95. The Morgan fingerprint density at radius 2 is 2.26 bits per heavy atom. The van der Waals surface area contributed by atoms with Crippen molar-refractivity contribution in [2.75, 3.05) is 13.1 Å². The molecule has 1 aromatic rings. The van der Waals surface area contributed by atoms with E-state index in [0.29, 0.717) is 5.56 Å². The summed E-state index contributed by atoms with van der Waals surface area (Å²) < 4.78 is 36.1. The number of aromatic nitrogens is 1. The smallest absolute Gasteiger partial charge is 0.359 e. The van der Waals surface area contributed by atoms with Crippen LogP contribution < -0.4 is 5.32 Å². The summed E-state index contributed by atoms with van der Waals surface area (Å²) in [6, 6.07) is 3.31. The van der Waals surface area contributed by atoms with Gasteiger partial charge < -0.3 is 5.32 Å². The number of alkyl halides is 3. The summed E-state index contributed by atoms with van der Waals surface area (Å²) >= 11 is 0. The molecule has 0 aliphatic rings. The van der Waals surface area contributed by atoms with E-state index in [4.69, 9.17) is 0 Å². The second-order valence-electron chi connectivity index (χ2n) is 3.58. The first-order valence-corrected chi connectivity index (χ1v) is 5.21. The molecule has 0 atom stereocenters. The quantitative estimate of drug-likeness (QED) is 0.381. The number of nitro groups is 1. The van der Waals surface area contributed by atoms with E-state index in [9.17, 15) is 23.3 Å². The maximum Gasteiger partial charge on any atom is 0.405 e. The van der Waals surface area contributed by atoms with Crippen LogP contribution in [0.2, 0.25) is 0 Å². The number of hydrogen-bond donors (Lipinski definition) is 1. The molecule has 0 aromatic carbocycles. The second kappa shape index (κ2) is 6.66. The Labute approximate surface area is 106 Å². The molecule has 104 valence electrons. The minimum Gasteiger partial charge on any atom is -0.359 e. The first-order chi connectivity index (χ1) is 8.87. The Morgan fingerprint density at radius 1 is 1.53 bits per heavy atom. The van der Waals surface area contributed by atoms with Gasteiger partial charge in [0.1, 0.15) is 6.54 Å². The molecule has 0 aliphatic heterocycles. The average molecular weight is 276 g/mol.